The normalized spacial score (nSPS) is 19.8. The largest absolute Gasteiger partial charge is 0.480 e. The molecular weight excluding hydrogens is 210 g/mol. The summed E-state index contributed by atoms with van der Waals surface area (Å²) in [5, 5.41) is 13.0. The van der Waals surface area contributed by atoms with Gasteiger partial charge >= 0.3 is 5.97 Å². The molecule has 0 fully saturated rings. The zero-order chi connectivity index (χ0) is 11.9. The first-order valence-electron chi connectivity index (χ1n) is 5.07. The molecule has 0 bridgehead atoms. The number of amides is 1. The molecule has 1 aliphatic heterocycles. The smallest absolute Gasteiger partial charge is 0.323 e. The zero-order valence-electron chi connectivity index (χ0n) is 9.17. The lowest BCUT2D eigenvalue weighted by atomic mass is 10.1. The average Bonchev–Trinajstić information content (AvgIpc) is 2.54. The highest BCUT2D eigenvalue weighted by molar-refractivity contribution is 5.98. The van der Waals surface area contributed by atoms with Gasteiger partial charge in [0, 0.05) is 12.5 Å². The van der Waals surface area contributed by atoms with Crippen LogP contribution in [-0.2, 0) is 9.59 Å². The molecular formula is C10H13N3O3. The number of aromatic nitrogens is 2. The van der Waals surface area contributed by atoms with Crippen molar-refractivity contribution < 1.29 is 14.7 Å². The van der Waals surface area contributed by atoms with Crippen LogP contribution in [0.1, 0.15) is 25.1 Å². The number of hydrogen-bond acceptors (Lipinski definition) is 3. The molecule has 0 saturated heterocycles. The van der Waals surface area contributed by atoms with Crippen LogP contribution >= 0.6 is 0 Å². The van der Waals surface area contributed by atoms with Crippen LogP contribution in [0.25, 0.3) is 0 Å². The first-order valence-corrected chi connectivity index (χ1v) is 5.07. The zero-order valence-corrected chi connectivity index (χ0v) is 9.17. The summed E-state index contributed by atoms with van der Waals surface area (Å²) in [6.07, 6.45) is 0.293. The van der Waals surface area contributed by atoms with Crippen molar-refractivity contribution in [1.82, 2.24) is 9.78 Å². The van der Waals surface area contributed by atoms with E-state index in [4.69, 9.17) is 5.11 Å². The average molecular weight is 223 g/mol. The molecule has 16 heavy (non-hydrogen) atoms. The molecule has 0 aromatic carbocycles. The van der Waals surface area contributed by atoms with Gasteiger partial charge in [0.05, 0.1) is 11.7 Å². The molecule has 1 amide bonds. The molecule has 0 aliphatic carbocycles. The van der Waals surface area contributed by atoms with Gasteiger partial charge in [-0.3, -0.25) is 14.5 Å². The van der Waals surface area contributed by atoms with Crippen LogP contribution in [0, 0.1) is 6.92 Å². The van der Waals surface area contributed by atoms with E-state index < -0.39 is 5.97 Å². The van der Waals surface area contributed by atoms with E-state index in [1.807, 2.05) is 13.8 Å². The summed E-state index contributed by atoms with van der Waals surface area (Å²) in [7, 11) is 0. The Morgan fingerprint density at radius 1 is 1.69 bits per heavy atom. The third-order valence-corrected chi connectivity index (χ3v) is 2.60. The molecule has 1 aliphatic rings. The summed E-state index contributed by atoms with van der Waals surface area (Å²) < 4.78 is 1.71. The third kappa shape index (κ3) is 1.66. The summed E-state index contributed by atoms with van der Waals surface area (Å²) in [4.78, 5) is 23.7. The Balaban J connectivity index is 2.42. The molecule has 1 aromatic heterocycles. The van der Waals surface area contributed by atoms with Crippen LogP contribution in [0.5, 0.6) is 0 Å². The Bertz CT molecular complexity index is 452. The molecule has 0 radical (unpaired) electrons. The maximum atomic E-state index is 11.7. The topological polar surface area (TPSA) is 75.4 Å². The Kier molecular flexibility index (Phi) is 2.41. The number of aryl methyl sites for hydroxylation is 1. The van der Waals surface area contributed by atoms with E-state index in [1.54, 1.807) is 10.7 Å². The number of rotatable bonds is 2. The molecule has 6 heteroatoms. The first-order chi connectivity index (χ1) is 7.49. The van der Waals surface area contributed by atoms with E-state index in [0.29, 0.717) is 12.2 Å². The number of anilines is 1. The third-order valence-electron chi connectivity index (χ3n) is 2.60. The van der Waals surface area contributed by atoms with E-state index in [1.165, 1.54) is 4.90 Å². The second-order valence-electron chi connectivity index (χ2n) is 4.02. The van der Waals surface area contributed by atoms with Gasteiger partial charge in [0.2, 0.25) is 5.91 Å². The van der Waals surface area contributed by atoms with Crippen LogP contribution in [0.4, 0.5) is 5.82 Å². The Labute approximate surface area is 92.5 Å². The Morgan fingerprint density at radius 2 is 2.38 bits per heavy atom. The highest BCUT2D eigenvalue weighted by Crippen LogP contribution is 2.28. The number of carboxylic acids is 1. The monoisotopic (exact) mass is 223 g/mol. The van der Waals surface area contributed by atoms with Gasteiger partial charge < -0.3 is 5.11 Å². The van der Waals surface area contributed by atoms with Gasteiger partial charge in [-0.1, -0.05) is 0 Å². The lowest BCUT2D eigenvalue weighted by Crippen LogP contribution is -2.42. The van der Waals surface area contributed by atoms with Crippen molar-refractivity contribution in [3.05, 3.63) is 11.8 Å². The predicted molar refractivity (Wildman–Crippen MR) is 56.3 cm³/mol. The molecule has 1 N–H and O–H groups in total. The molecule has 0 saturated carbocycles. The summed E-state index contributed by atoms with van der Waals surface area (Å²) in [5.74, 6) is -0.612. The number of carbonyl (C=O) groups excluding carboxylic acids is 1. The second-order valence-corrected chi connectivity index (χ2v) is 4.02. The lowest BCUT2D eigenvalue weighted by molar-refractivity contribution is -0.137. The van der Waals surface area contributed by atoms with Crippen LogP contribution < -0.4 is 4.90 Å². The minimum Gasteiger partial charge on any atom is -0.480 e. The highest BCUT2D eigenvalue weighted by atomic mass is 16.4. The van der Waals surface area contributed by atoms with Gasteiger partial charge in [-0.15, -0.1) is 0 Å². The molecule has 86 valence electrons. The maximum Gasteiger partial charge on any atom is 0.323 e. The van der Waals surface area contributed by atoms with Crippen molar-refractivity contribution in [3.63, 3.8) is 0 Å². The van der Waals surface area contributed by atoms with Crippen LogP contribution in [0.15, 0.2) is 6.07 Å². The molecule has 6 nitrogen and oxygen atoms in total. The summed E-state index contributed by atoms with van der Waals surface area (Å²) in [6, 6.07) is 1.72. The quantitative estimate of drug-likeness (QED) is 0.795. The molecule has 2 rings (SSSR count). The van der Waals surface area contributed by atoms with E-state index in [0.717, 1.165) is 5.69 Å². The second kappa shape index (κ2) is 3.62. The van der Waals surface area contributed by atoms with Crippen LogP contribution in [-0.4, -0.2) is 33.3 Å². The van der Waals surface area contributed by atoms with Gasteiger partial charge in [-0.05, 0) is 13.8 Å². The van der Waals surface area contributed by atoms with Crippen molar-refractivity contribution in [1.29, 1.82) is 0 Å². The fourth-order valence-corrected chi connectivity index (χ4v) is 1.91. The van der Waals surface area contributed by atoms with E-state index in [2.05, 4.69) is 5.10 Å². The van der Waals surface area contributed by atoms with Crippen LogP contribution in [0.3, 0.4) is 0 Å². The summed E-state index contributed by atoms with van der Waals surface area (Å²) in [5.41, 5.74) is 0.784. The SMILES string of the molecule is Cc1cc2n(n1)C(C)CC(=O)N2CC(=O)O. The molecule has 2 heterocycles. The van der Waals surface area contributed by atoms with Gasteiger partial charge in [0.1, 0.15) is 12.4 Å². The fraction of sp³-hybridized carbons (Fsp3) is 0.500. The van der Waals surface area contributed by atoms with Gasteiger partial charge in [0.25, 0.3) is 0 Å². The van der Waals surface area contributed by atoms with E-state index in [-0.39, 0.29) is 18.5 Å². The predicted octanol–water partition coefficient (Wildman–Crippen LogP) is 0.574. The number of fused-ring (bicyclic) bond motifs is 1. The Morgan fingerprint density at radius 3 is 3.00 bits per heavy atom. The van der Waals surface area contributed by atoms with E-state index >= 15 is 0 Å². The number of carboxylic acid groups (broad SMARTS) is 1. The van der Waals surface area contributed by atoms with Crippen molar-refractivity contribution in [2.45, 2.75) is 26.3 Å². The lowest BCUT2D eigenvalue weighted by Gasteiger charge is -2.29. The van der Waals surface area contributed by atoms with Gasteiger partial charge in [-0.2, -0.15) is 5.10 Å². The van der Waals surface area contributed by atoms with Gasteiger partial charge in [-0.25, -0.2) is 4.68 Å². The summed E-state index contributed by atoms with van der Waals surface area (Å²) in [6.45, 7) is 3.41. The number of aliphatic carboxylic acids is 1. The molecule has 1 atom stereocenters. The summed E-state index contributed by atoms with van der Waals surface area (Å²) >= 11 is 0. The Hall–Kier alpha value is -1.85. The number of hydrogen-bond donors (Lipinski definition) is 1. The fourth-order valence-electron chi connectivity index (χ4n) is 1.91. The van der Waals surface area contributed by atoms with E-state index in [9.17, 15) is 9.59 Å². The maximum absolute atomic E-state index is 11.7. The van der Waals surface area contributed by atoms with Crippen molar-refractivity contribution in [2.24, 2.45) is 0 Å². The van der Waals surface area contributed by atoms with Crippen LogP contribution in [0.2, 0.25) is 0 Å². The molecule has 1 unspecified atom stereocenters. The van der Waals surface area contributed by atoms with Gasteiger partial charge in [0.15, 0.2) is 0 Å². The van der Waals surface area contributed by atoms with Crippen molar-refractivity contribution in [3.8, 4) is 0 Å². The number of carbonyl (C=O) groups is 2. The van der Waals surface area contributed by atoms with Crippen molar-refractivity contribution in [2.75, 3.05) is 11.4 Å². The highest BCUT2D eigenvalue weighted by Gasteiger charge is 2.31. The standard InChI is InChI=1S/C10H13N3O3/c1-6-3-8-12(5-10(15)16)9(14)4-7(2)13(8)11-6/h3,7H,4-5H2,1-2H3,(H,15,16). The number of nitrogens with zero attached hydrogens (tertiary/aromatic N) is 3. The van der Waals surface area contributed by atoms with Crippen molar-refractivity contribution >= 4 is 17.7 Å². The minimum absolute atomic E-state index is 0.0127. The molecule has 0 spiro atoms. The minimum atomic E-state index is -1.02. The molecule has 1 aromatic rings. The first kappa shape index (κ1) is 10.7.